The van der Waals surface area contributed by atoms with E-state index < -0.39 is 0 Å². The number of anilines is 1. The highest BCUT2D eigenvalue weighted by atomic mass is 79.9. The van der Waals surface area contributed by atoms with Crippen LogP contribution in [0.5, 0.6) is 0 Å². The Labute approximate surface area is 97.2 Å². The van der Waals surface area contributed by atoms with E-state index in [2.05, 4.69) is 21.2 Å². The second-order valence-corrected chi connectivity index (χ2v) is 4.70. The van der Waals surface area contributed by atoms with Gasteiger partial charge in [-0.15, -0.1) is 0 Å². The lowest BCUT2D eigenvalue weighted by atomic mass is 9.96. The summed E-state index contributed by atoms with van der Waals surface area (Å²) >= 11 is 3.33. The Morgan fingerprint density at radius 3 is 2.93 bits per heavy atom. The summed E-state index contributed by atoms with van der Waals surface area (Å²) < 4.78 is 0.904. The molecule has 1 unspecified atom stereocenters. The van der Waals surface area contributed by atoms with Gasteiger partial charge in [0.2, 0.25) is 0 Å². The number of rotatable bonds is 2. The number of nitrogens with two attached hydrogens (primary N) is 1. The Balaban J connectivity index is 2.24. The molecule has 0 saturated carbocycles. The molecule has 80 valence electrons. The Hall–Kier alpha value is -0.870. The SMILES string of the molecule is Nc1cc(Br)ccc1C(=O)C1CCNC1. The molecule has 1 aliphatic rings. The number of Topliss-reactive ketones (excluding diaryl/α,β-unsaturated/α-hetero) is 1. The number of nitrogen functional groups attached to an aromatic ring is 1. The molecule has 0 radical (unpaired) electrons. The van der Waals surface area contributed by atoms with Crippen LogP contribution in [0.25, 0.3) is 0 Å². The van der Waals surface area contributed by atoms with E-state index in [-0.39, 0.29) is 11.7 Å². The monoisotopic (exact) mass is 268 g/mol. The van der Waals surface area contributed by atoms with E-state index >= 15 is 0 Å². The minimum absolute atomic E-state index is 0.0912. The van der Waals surface area contributed by atoms with Gasteiger partial charge in [0.05, 0.1) is 0 Å². The van der Waals surface area contributed by atoms with Gasteiger partial charge in [0.15, 0.2) is 5.78 Å². The highest BCUT2D eigenvalue weighted by molar-refractivity contribution is 9.10. The molecule has 1 fully saturated rings. The van der Waals surface area contributed by atoms with Gasteiger partial charge in [-0.25, -0.2) is 0 Å². The summed E-state index contributed by atoms with van der Waals surface area (Å²) in [7, 11) is 0. The molecule has 0 bridgehead atoms. The van der Waals surface area contributed by atoms with Crippen LogP contribution in [-0.4, -0.2) is 18.9 Å². The largest absolute Gasteiger partial charge is 0.398 e. The van der Waals surface area contributed by atoms with E-state index in [1.165, 1.54) is 0 Å². The van der Waals surface area contributed by atoms with Crippen LogP contribution >= 0.6 is 15.9 Å². The lowest BCUT2D eigenvalue weighted by Crippen LogP contribution is -2.19. The van der Waals surface area contributed by atoms with E-state index in [1.807, 2.05) is 6.07 Å². The summed E-state index contributed by atoms with van der Waals surface area (Å²) in [5.74, 6) is 0.249. The molecule has 3 N–H and O–H groups in total. The van der Waals surface area contributed by atoms with Crippen LogP contribution < -0.4 is 11.1 Å². The van der Waals surface area contributed by atoms with Crippen molar-refractivity contribution in [2.24, 2.45) is 5.92 Å². The molecule has 0 aromatic heterocycles. The topological polar surface area (TPSA) is 55.1 Å². The molecule has 1 aliphatic heterocycles. The highest BCUT2D eigenvalue weighted by Gasteiger charge is 2.24. The normalized spacial score (nSPS) is 20.5. The number of nitrogens with one attached hydrogen (secondary N) is 1. The fraction of sp³-hybridized carbons (Fsp3) is 0.364. The van der Waals surface area contributed by atoms with Gasteiger partial charge in [-0.1, -0.05) is 15.9 Å². The summed E-state index contributed by atoms with van der Waals surface area (Å²) in [4.78, 5) is 12.0. The lowest BCUT2D eigenvalue weighted by molar-refractivity contribution is 0.0931. The first-order valence-corrected chi connectivity index (χ1v) is 5.78. The summed E-state index contributed by atoms with van der Waals surface area (Å²) in [5.41, 5.74) is 7.02. The quantitative estimate of drug-likeness (QED) is 0.636. The van der Waals surface area contributed by atoms with E-state index in [1.54, 1.807) is 12.1 Å². The first kappa shape index (κ1) is 10.6. The number of halogens is 1. The third-order valence-electron chi connectivity index (χ3n) is 2.71. The van der Waals surface area contributed by atoms with Crippen molar-refractivity contribution in [3.63, 3.8) is 0 Å². The minimum Gasteiger partial charge on any atom is -0.398 e. The molecule has 3 nitrogen and oxygen atoms in total. The van der Waals surface area contributed by atoms with Crippen molar-refractivity contribution in [1.29, 1.82) is 0 Å². The number of ketones is 1. The Bertz CT molecular complexity index is 386. The first-order valence-electron chi connectivity index (χ1n) is 4.98. The van der Waals surface area contributed by atoms with Gasteiger partial charge in [-0.2, -0.15) is 0 Å². The molecule has 0 spiro atoms. The first-order chi connectivity index (χ1) is 7.18. The maximum absolute atomic E-state index is 12.0. The Morgan fingerprint density at radius 2 is 2.33 bits per heavy atom. The van der Waals surface area contributed by atoms with E-state index in [0.717, 1.165) is 24.0 Å². The number of carbonyl (C=O) groups is 1. The van der Waals surface area contributed by atoms with Crippen LogP contribution in [0.15, 0.2) is 22.7 Å². The Morgan fingerprint density at radius 1 is 1.53 bits per heavy atom. The number of carbonyl (C=O) groups excluding carboxylic acids is 1. The van der Waals surface area contributed by atoms with Crippen LogP contribution in [0.4, 0.5) is 5.69 Å². The number of hydrogen-bond donors (Lipinski definition) is 2. The molecule has 4 heteroatoms. The second kappa shape index (κ2) is 4.33. The van der Waals surface area contributed by atoms with Crippen molar-refractivity contribution in [1.82, 2.24) is 5.32 Å². The molecule has 0 aliphatic carbocycles. The molecule has 15 heavy (non-hydrogen) atoms. The van der Waals surface area contributed by atoms with E-state index in [9.17, 15) is 4.79 Å². The third-order valence-corrected chi connectivity index (χ3v) is 3.20. The van der Waals surface area contributed by atoms with Crippen molar-refractivity contribution in [2.45, 2.75) is 6.42 Å². The van der Waals surface area contributed by atoms with Gasteiger partial charge in [0.25, 0.3) is 0 Å². The summed E-state index contributed by atoms with van der Waals surface area (Å²) in [6, 6.07) is 5.42. The van der Waals surface area contributed by atoms with Crippen molar-refractivity contribution in [3.8, 4) is 0 Å². The maximum Gasteiger partial charge on any atom is 0.169 e. The maximum atomic E-state index is 12.0. The van der Waals surface area contributed by atoms with Gasteiger partial charge < -0.3 is 11.1 Å². The summed E-state index contributed by atoms with van der Waals surface area (Å²) in [5, 5.41) is 3.18. The molecule has 2 rings (SSSR count). The zero-order chi connectivity index (χ0) is 10.8. The average molecular weight is 269 g/mol. The fourth-order valence-corrected chi connectivity index (χ4v) is 2.24. The van der Waals surface area contributed by atoms with Crippen molar-refractivity contribution < 1.29 is 4.79 Å². The van der Waals surface area contributed by atoms with E-state index in [4.69, 9.17) is 5.73 Å². The predicted molar refractivity (Wildman–Crippen MR) is 63.9 cm³/mol. The van der Waals surface area contributed by atoms with Crippen LogP contribution in [-0.2, 0) is 0 Å². The minimum atomic E-state index is 0.0912. The predicted octanol–water partition coefficient (Wildman–Crippen LogP) is 1.82. The molecule has 1 aromatic carbocycles. The number of benzene rings is 1. The van der Waals surface area contributed by atoms with Gasteiger partial charge >= 0.3 is 0 Å². The van der Waals surface area contributed by atoms with Crippen LogP contribution in [0, 0.1) is 5.92 Å². The highest BCUT2D eigenvalue weighted by Crippen LogP contribution is 2.23. The van der Waals surface area contributed by atoms with Crippen LogP contribution in [0.1, 0.15) is 16.8 Å². The van der Waals surface area contributed by atoms with Crippen molar-refractivity contribution in [3.05, 3.63) is 28.2 Å². The molecule has 1 atom stereocenters. The van der Waals surface area contributed by atoms with Gasteiger partial charge in [0, 0.05) is 28.2 Å². The van der Waals surface area contributed by atoms with Crippen LogP contribution in [0.2, 0.25) is 0 Å². The lowest BCUT2D eigenvalue weighted by Gasteiger charge is -2.09. The summed E-state index contributed by atoms with van der Waals surface area (Å²) in [6.07, 6.45) is 0.911. The standard InChI is InChI=1S/C11H13BrN2O/c12-8-1-2-9(10(13)5-8)11(15)7-3-4-14-6-7/h1-2,5,7,14H,3-4,6,13H2. The summed E-state index contributed by atoms with van der Waals surface area (Å²) in [6.45, 7) is 1.70. The van der Waals surface area contributed by atoms with Gasteiger partial charge in [0.1, 0.15) is 0 Å². The second-order valence-electron chi connectivity index (χ2n) is 3.79. The number of hydrogen-bond acceptors (Lipinski definition) is 3. The molecule has 1 aromatic rings. The van der Waals surface area contributed by atoms with E-state index in [0.29, 0.717) is 11.3 Å². The van der Waals surface area contributed by atoms with Crippen molar-refractivity contribution >= 4 is 27.4 Å². The smallest absolute Gasteiger partial charge is 0.169 e. The van der Waals surface area contributed by atoms with Gasteiger partial charge in [-0.05, 0) is 31.2 Å². The average Bonchev–Trinajstić information content (AvgIpc) is 2.69. The zero-order valence-corrected chi connectivity index (χ0v) is 9.88. The molecule has 1 saturated heterocycles. The molecular formula is C11H13BrN2O. The zero-order valence-electron chi connectivity index (χ0n) is 8.29. The third kappa shape index (κ3) is 2.21. The molecule has 1 heterocycles. The Kier molecular flexibility index (Phi) is 3.07. The molecule has 0 amide bonds. The fourth-order valence-electron chi connectivity index (χ4n) is 1.86. The van der Waals surface area contributed by atoms with Crippen LogP contribution in [0.3, 0.4) is 0 Å². The van der Waals surface area contributed by atoms with Gasteiger partial charge in [-0.3, -0.25) is 4.79 Å². The van der Waals surface area contributed by atoms with Crippen molar-refractivity contribution in [2.75, 3.05) is 18.8 Å². The molecular weight excluding hydrogens is 256 g/mol.